The van der Waals surface area contributed by atoms with Crippen LogP contribution in [0.3, 0.4) is 0 Å². The Morgan fingerprint density at radius 3 is 2.57 bits per heavy atom. The second kappa shape index (κ2) is 5.08. The molecule has 0 saturated heterocycles. The predicted molar refractivity (Wildman–Crippen MR) is 62.0 cm³/mol. The summed E-state index contributed by atoms with van der Waals surface area (Å²) in [4.78, 5) is 10.9. The van der Waals surface area contributed by atoms with Crippen LogP contribution in [-0.4, -0.2) is 28.0 Å². The van der Waals surface area contributed by atoms with E-state index in [0.717, 1.165) is 25.3 Å². The van der Waals surface area contributed by atoms with Crippen molar-refractivity contribution < 1.29 is 32.2 Å². The Kier molecular flexibility index (Phi) is 3.58. The fourth-order valence-corrected chi connectivity index (χ4v) is 1.79. The number of methoxy groups -OCH3 is 1. The first-order valence-electron chi connectivity index (χ1n) is 5.48. The molecule has 2 aromatic rings. The number of aromatic carboxylic acids is 1. The van der Waals surface area contributed by atoms with Crippen LogP contribution in [0.25, 0.3) is 5.69 Å². The van der Waals surface area contributed by atoms with Gasteiger partial charge in [-0.15, -0.1) is 0 Å². The SMILES string of the molecule is COc1cc(F)ccc1-n1ncc(C(=O)O)c1C(F)(F)F. The molecule has 1 N–H and O–H groups in total. The van der Waals surface area contributed by atoms with Gasteiger partial charge in [-0.3, -0.25) is 0 Å². The summed E-state index contributed by atoms with van der Waals surface area (Å²) in [7, 11) is 1.15. The minimum atomic E-state index is -4.95. The average molecular weight is 304 g/mol. The van der Waals surface area contributed by atoms with E-state index in [0.29, 0.717) is 10.9 Å². The lowest BCUT2D eigenvalue weighted by Crippen LogP contribution is -2.17. The summed E-state index contributed by atoms with van der Waals surface area (Å²) in [5, 5.41) is 12.2. The van der Waals surface area contributed by atoms with E-state index in [1.807, 2.05) is 0 Å². The maximum Gasteiger partial charge on any atom is 0.434 e. The van der Waals surface area contributed by atoms with Gasteiger partial charge in [-0.1, -0.05) is 0 Å². The highest BCUT2D eigenvalue weighted by Crippen LogP contribution is 2.35. The summed E-state index contributed by atoms with van der Waals surface area (Å²) in [6.45, 7) is 0. The van der Waals surface area contributed by atoms with Gasteiger partial charge in [-0.2, -0.15) is 18.3 Å². The molecule has 5 nitrogen and oxygen atoms in total. The van der Waals surface area contributed by atoms with Crippen LogP contribution in [0.4, 0.5) is 17.6 Å². The van der Waals surface area contributed by atoms with Gasteiger partial charge in [0, 0.05) is 6.07 Å². The maximum absolute atomic E-state index is 13.1. The fourth-order valence-electron chi connectivity index (χ4n) is 1.79. The number of rotatable bonds is 3. The molecule has 112 valence electrons. The van der Waals surface area contributed by atoms with Crippen molar-refractivity contribution in [2.24, 2.45) is 0 Å². The van der Waals surface area contributed by atoms with Gasteiger partial charge in [0.2, 0.25) is 0 Å². The van der Waals surface area contributed by atoms with Gasteiger partial charge in [0.05, 0.1) is 13.3 Å². The third-order valence-corrected chi connectivity index (χ3v) is 2.64. The second-order valence-corrected chi connectivity index (χ2v) is 3.94. The Balaban J connectivity index is 2.73. The van der Waals surface area contributed by atoms with Crippen molar-refractivity contribution in [2.75, 3.05) is 7.11 Å². The lowest BCUT2D eigenvalue weighted by atomic mass is 10.2. The number of carboxylic acid groups (broad SMARTS) is 1. The van der Waals surface area contributed by atoms with Crippen molar-refractivity contribution >= 4 is 5.97 Å². The lowest BCUT2D eigenvalue weighted by molar-refractivity contribution is -0.143. The lowest BCUT2D eigenvalue weighted by Gasteiger charge is -2.14. The summed E-state index contributed by atoms with van der Waals surface area (Å²) in [5.41, 5.74) is -2.70. The number of aromatic nitrogens is 2. The zero-order valence-electron chi connectivity index (χ0n) is 10.5. The minimum Gasteiger partial charge on any atom is -0.494 e. The van der Waals surface area contributed by atoms with Crippen molar-refractivity contribution in [2.45, 2.75) is 6.18 Å². The Hall–Kier alpha value is -2.58. The molecule has 0 aliphatic heterocycles. The van der Waals surface area contributed by atoms with E-state index >= 15 is 0 Å². The van der Waals surface area contributed by atoms with Crippen LogP contribution in [-0.2, 0) is 6.18 Å². The van der Waals surface area contributed by atoms with Gasteiger partial charge in [-0.25, -0.2) is 13.9 Å². The maximum atomic E-state index is 13.1. The van der Waals surface area contributed by atoms with Gasteiger partial charge < -0.3 is 9.84 Å². The molecule has 1 aromatic heterocycles. The van der Waals surface area contributed by atoms with Crippen LogP contribution in [0.5, 0.6) is 5.75 Å². The monoisotopic (exact) mass is 304 g/mol. The molecular formula is C12H8F4N2O3. The van der Waals surface area contributed by atoms with E-state index in [2.05, 4.69) is 5.10 Å². The summed E-state index contributed by atoms with van der Waals surface area (Å²) >= 11 is 0. The predicted octanol–water partition coefficient (Wildman–Crippen LogP) is 2.74. The normalized spacial score (nSPS) is 11.5. The average Bonchev–Trinajstić information content (AvgIpc) is 2.83. The minimum absolute atomic E-state index is 0.208. The standard InChI is InChI=1S/C12H8F4N2O3/c1-21-9-4-6(13)2-3-8(9)18-10(12(14,15)16)7(5-17-18)11(19)20/h2-5H,1H3,(H,19,20). The second-order valence-electron chi connectivity index (χ2n) is 3.94. The van der Waals surface area contributed by atoms with Gasteiger partial charge in [0.1, 0.15) is 22.8 Å². The van der Waals surface area contributed by atoms with E-state index in [-0.39, 0.29) is 11.4 Å². The Morgan fingerprint density at radius 1 is 1.38 bits per heavy atom. The van der Waals surface area contributed by atoms with Gasteiger partial charge in [-0.05, 0) is 12.1 Å². The molecule has 0 aliphatic rings. The van der Waals surface area contributed by atoms with Crippen LogP contribution in [0, 0.1) is 5.82 Å². The van der Waals surface area contributed by atoms with Crippen molar-refractivity contribution in [1.29, 1.82) is 0 Å². The molecule has 0 spiro atoms. The Bertz CT molecular complexity index is 694. The summed E-state index contributed by atoms with van der Waals surface area (Å²) in [6, 6.07) is 2.81. The molecule has 0 atom stereocenters. The number of carboxylic acids is 1. The Morgan fingerprint density at radius 2 is 2.05 bits per heavy atom. The number of benzene rings is 1. The van der Waals surface area contributed by atoms with Crippen molar-refractivity contribution in [3.63, 3.8) is 0 Å². The van der Waals surface area contributed by atoms with E-state index in [9.17, 15) is 22.4 Å². The van der Waals surface area contributed by atoms with Crippen LogP contribution in [0.15, 0.2) is 24.4 Å². The number of carbonyl (C=O) groups is 1. The van der Waals surface area contributed by atoms with Crippen LogP contribution < -0.4 is 4.74 Å². The molecule has 0 fully saturated rings. The van der Waals surface area contributed by atoms with Gasteiger partial charge in [0.25, 0.3) is 0 Å². The molecule has 0 amide bonds. The largest absolute Gasteiger partial charge is 0.494 e. The molecule has 21 heavy (non-hydrogen) atoms. The van der Waals surface area contributed by atoms with Crippen molar-refractivity contribution in [3.05, 3.63) is 41.5 Å². The van der Waals surface area contributed by atoms with Crippen LogP contribution >= 0.6 is 0 Å². The van der Waals surface area contributed by atoms with E-state index in [1.54, 1.807) is 0 Å². The molecule has 0 unspecified atom stereocenters. The third kappa shape index (κ3) is 2.67. The Labute approximate surface area is 115 Å². The molecule has 9 heteroatoms. The van der Waals surface area contributed by atoms with Crippen molar-refractivity contribution in [1.82, 2.24) is 9.78 Å². The van der Waals surface area contributed by atoms with Crippen LogP contribution in [0.1, 0.15) is 16.1 Å². The number of halogens is 4. The number of ether oxygens (including phenoxy) is 1. The highest BCUT2D eigenvalue weighted by atomic mass is 19.4. The molecule has 0 bridgehead atoms. The fraction of sp³-hybridized carbons (Fsp3) is 0.167. The number of hydrogen-bond donors (Lipinski definition) is 1. The third-order valence-electron chi connectivity index (χ3n) is 2.64. The van der Waals surface area contributed by atoms with Gasteiger partial charge >= 0.3 is 12.1 Å². The highest BCUT2D eigenvalue weighted by molar-refractivity contribution is 5.89. The summed E-state index contributed by atoms with van der Waals surface area (Å²) in [6.07, 6.45) is -4.38. The first kappa shape index (κ1) is 14.8. The molecule has 0 aliphatic carbocycles. The molecular weight excluding hydrogens is 296 g/mol. The highest BCUT2D eigenvalue weighted by Gasteiger charge is 2.41. The smallest absolute Gasteiger partial charge is 0.434 e. The van der Waals surface area contributed by atoms with E-state index in [1.165, 1.54) is 0 Å². The number of alkyl halides is 3. The van der Waals surface area contributed by atoms with E-state index in [4.69, 9.17) is 9.84 Å². The van der Waals surface area contributed by atoms with Gasteiger partial charge in [0.15, 0.2) is 5.69 Å². The molecule has 0 saturated carbocycles. The van der Waals surface area contributed by atoms with Crippen LogP contribution in [0.2, 0.25) is 0 Å². The van der Waals surface area contributed by atoms with Crippen molar-refractivity contribution in [3.8, 4) is 11.4 Å². The summed E-state index contributed by atoms with van der Waals surface area (Å²) in [5.74, 6) is -2.69. The topological polar surface area (TPSA) is 64.4 Å². The number of nitrogens with zero attached hydrogens (tertiary/aromatic N) is 2. The zero-order chi connectivity index (χ0) is 15.8. The first-order chi connectivity index (χ1) is 9.75. The number of hydrogen-bond acceptors (Lipinski definition) is 3. The first-order valence-corrected chi connectivity index (χ1v) is 5.48. The quantitative estimate of drug-likeness (QED) is 0.886. The zero-order valence-corrected chi connectivity index (χ0v) is 10.5. The molecule has 1 heterocycles. The molecule has 2 rings (SSSR count). The molecule has 1 aromatic carbocycles. The molecule has 0 radical (unpaired) electrons. The summed E-state index contributed by atoms with van der Waals surface area (Å²) < 4.78 is 57.4. The van der Waals surface area contributed by atoms with E-state index < -0.39 is 29.2 Å².